The Morgan fingerprint density at radius 1 is 1.20 bits per heavy atom. The molecule has 1 aliphatic heterocycles. The van der Waals surface area contributed by atoms with Gasteiger partial charge in [-0.25, -0.2) is 13.7 Å². The second kappa shape index (κ2) is 14.6. The normalized spacial score (nSPS) is 24.6. The maximum Gasteiger partial charge on any atom is 0.490 e. The number of ether oxygens (including phenoxy) is 2. The van der Waals surface area contributed by atoms with Crippen molar-refractivity contribution in [3.05, 3.63) is 0 Å². The predicted molar refractivity (Wildman–Crippen MR) is 132 cm³/mol. The fourth-order valence-corrected chi connectivity index (χ4v) is 7.91. The van der Waals surface area contributed by atoms with Gasteiger partial charge in [-0.1, -0.05) is 21.6 Å². The van der Waals surface area contributed by atoms with Gasteiger partial charge < -0.3 is 40.1 Å². The third-order valence-electron chi connectivity index (χ3n) is 4.14. The number of amides is 1. The predicted octanol–water partition coefficient (Wildman–Crippen LogP) is 0.436. The molecule has 15 nitrogen and oxygen atoms in total. The summed E-state index contributed by atoms with van der Waals surface area (Å²) >= 11 is 0. The lowest BCUT2D eigenvalue weighted by atomic mass is 9.96. The number of carbonyl (C=O) groups excluding carboxylic acids is 1. The van der Waals surface area contributed by atoms with Crippen molar-refractivity contribution in [3.8, 4) is 0 Å². The van der Waals surface area contributed by atoms with Gasteiger partial charge >= 0.3 is 23.5 Å². The van der Waals surface area contributed by atoms with Crippen LogP contribution in [-0.4, -0.2) is 81.9 Å². The zero-order valence-electron chi connectivity index (χ0n) is 19.4. The Morgan fingerprint density at radius 2 is 1.86 bits per heavy atom. The van der Waals surface area contributed by atoms with Crippen LogP contribution in [0, 0.1) is 0 Å². The number of rotatable bonds is 17. The second-order valence-corrected chi connectivity index (χ2v) is 15.4. The van der Waals surface area contributed by atoms with Crippen molar-refractivity contribution < 1.29 is 60.7 Å². The van der Waals surface area contributed by atoms with E-state index in [0.717, 1.165) is 0 Å². The number of nitrogens with one attached hydrogen (secondary N) is 1. The molecule has 0 radical (unpaired) electrons. The fourth-order valence-electron chi connectivity index (χ4n) is 2.70. The Bertz CT molecular complexity index is 835. The molecule has 1 rings (SSSR count). The number of hydrogen-bond donors (Lipinski definition) is 6. The summed E-state index contributed by atoms with van der Waals surface area (Å²) in [6, 6.07) is -0.271. The van der Waals surface area contributed by atoms with Gasteiger partial charge in [0.1, 0.15) is 19.9 Å². The molecule has 0 spiro atoms. The summed E-state index contributed by atoms with van der Waals surface area (Å²) in [5.74, 6) is 0.156. The first-order valence-corrected chi connectivity index (χ1v) is 17.1. The fraction of sp³-hybridized carbons (Fsp3) is 0.929. The van der Waals surface area contributed by atoms with Crippen LogP contribution in [0.1, 0.15) is 33.1 Å². The summed E-state index contributed by atoms with van der Waals surface area (Å²) in [5.41, 5.74) is 5.39. The monoisotopic (exact) mass is 604 g/mol. The van der Waals surface area contributed by atoms with Gasteiger partial charge in [-0.2, -0.15) is 8.62 Å². The molecule has 21 heteroatoms. The highest BCUT2D eigenvalue weighted by molar-refractivity contribution is 8.77. The standard InChI is InChI=1S/C14H32BN2O13P3S2/c1-14(2,8-17-13(18)4-3-5-16)35-34-9-26-10-6-12(15)28-11(10)7-27-32(22,23)30-33(24,25)29-31(19,20)21/h10-12H,3-9,15-16H2,1-2H3,(H,17,18)(H,22,23)(H,24,25)(H2,19,20,21)/t10-,11?,12-/m1/s1. The van der Waals surface area contributed by atoms with Crippen LogP contribution in [-0.2, 0) is 41.1 Å². The van der Waals surface area contributed by atoms with Crippen LogP contribution in [0.15, 0.2) is 0 Å². The SMILES string of the molecule is B[C@H]1C[C@@H](OCSSC(C)(C)CNC(=O)CCCN)C(COP(=O)(O)OP(=O)(O)OP(=O)(O)O)O1. The minimum absolute atomic E-state index is 0.0682. The average molecular weight is 604 g/mol. The lowest BCUT2D eigenvalue weighted by Crippen LogP contribution is -2.36. The van der Waals surface area contributed by atoms with E-state index in [9.17, 15) is 28.3 Å². The van der Waals surface area contributed by atoms with Gasteiger partial charge in [0.05, 0.1) is 12.7 Å². The molecule has 1 heterocycles. The molecule has 5 atom stereocenters. The minimum atomic E-state index is -5.59. The van der Waals surface area contributed by atoms with Crippen molar-refractivity contribution in [2.24, 2.45) is 5.73 Å². The molecule has 3 unspecified atom stereocenters. The molecule has 35 heavy (non-hydrogen) atoms. The van der Waals surface area contributed by atoms with Gasteiger partial charge in [0.2, 0.25) is 5.91 Å². The van der Waals surface area contributed by atoms with Crippen LogP contribution in [0.4, 0.5) is 0 Å². The second-order valence-electron chi connectivity index (χ2n) is 8.06. The van der Waals surface area contributed by atoms with Crippen molar-refractivity contribution in [3.63, 3.8) is 0 Å². The van der Waals surface area contributed by atoms with E-state index in [2.05, 4.69) is 18.5 Å². The molecule has 0 bridgehead atoms. The first-order valence-electron chi connectivity index (χ1n) is 10.3. The molecule has 0 saturated carbocycles. The summed E-state index contributed by atoms with van der Waals surface area (Å²) in [7, 11) is -11.7. The summed E-state index contributed by atoms with van der Waals surface area (Å²) in [4.78, 5) is 47.7. The Labute approximate surface area is 212 Å². The first-order chi connectivity index (χ1) is 15.9. The molecule has 0 aromatic heterocycles. The first kappa shape index (κ1) is 33.6. The number of carbonyl (C=O) groups is 1. The van der Waals surface area contributed by atoms with E-state index in [-0.39, 0.29) is 22.6 Å². The van der Waals surface area contributed by atoms with Crippen LogP contribution in [0.2, 0.25) is 0 Å². The highest BCUT2D eigenvalue weighted by atomic mass is 33.1. The minimum Gasteiger partial charge on any atom is -0.379 e. The van der Waals surface area contributed by atoms with Crippen molar-refractivity contribution in [1.82, 2.24) is 5.32 Å². The van der Waals surface area contributed by atoms with Crippen LogP contribution in [0.5, 0.6) is 0 Å². The molecule has 206 valence electrons. The van der Waals surface area contributed by atoms with E-state index in [1.807, 2.05) is 13.8 Å². The maximum absolute atomic E-state index is 11.9. The summed E-state index contributed by atoms with van der Waals surface area (Å²) in [6.45, 7) is 4.24. The number of nitrogens with two attached hydrogens (primary N) is 1. The van der Waals surface area contributed by atoms with Gasteiger partial charge in [-0.15, -0.1) is 0 Å². The smallest absolute Gasteiger partial charge is 0.379 e. The van der Waals surface area contributed by atoms with Crippen molar-refractivity contribution >= 4 is 58.8 Å². The summed E-state index contributed by atoms with van der Waals surface area (Å²) in [5, 5.41) is 2.85. The van der Waals surface area contributed by atoms with Crippen LogP contribution < -0.4 is 11.1 Å². The largest absolute Gasteiger partial charge is 0.490 e. The zero-order valence-corrected chi connectivity index (χ0v) is 23.7. The van der Waals surface area contributed by atoms with Crippen molar-refractivity contribution in [1.29, 1.82) is 0 Å². The highest BCUT2D eigenvalue weighted by Gasteiger charge is 2.42. The van der Waals surface area contributed by atoms with E-state index in [1.54, 1.807) is 7.85 Å². The Kier molecular flexibility index (Phi) is 14.0. The van der Waals surface area contributed by atoms with Crippen LogP contribution in [0.25, 0.3) is 0 Å². The van der Waals surface area contributed by atoms with Crippen molar-refractivity contribution in [2.75, 3.05) is 25.6 Å². The Hall–Kier alpha value is 0.525. The van der Waals surface area contributed by atoms with E-state index in [1.165, 1.54) is 21.6 Å². The number of phosphoric acid groups is 3. The third kappa shape index (κ3) is 15.5. The quantitative estimate of drug-likeness (QED) is 0.0434. The molecular weight excluding hydrogens is 572 g/mol. The molecule has 0 aliphatic carbocycles. The number of hydrogen-bond acceptors (Lipinski definition) is 12. The van der Waals surface area contributed by atoms with Gasteiger partial charge in [0, 0.05) is 23.7 Å². The van der Waals surface area contributed by atoms with Gasteiger partial charge in [0.25, 0.3) is 0 Å². The van der Waals surface area contributed by atoms with Crippen LogP contribution >= 0.6 is 45.1 Å². The molecule has 1 aliphatic rings. The topological polar surface area (TPSA) is 233 Å². The molecule has 1 amide bonds. The Balaban J connectivity index is 2.47. The summed E-state index contributed by atoms with van der Waals surface area (Å²) in [6.07, 6.45) is 0.0678. The molecule has 0 aromatic carbocycles. The molecule has 1 saturated heterocycles. The maximum atomic E-state index is 11.9. The average Bonchev–Trinajstić information content (AvgIpc) is 3.03. The van der Waals surface area contributed by atoms with E-state index >= 15 is 0 Å². The van der Waals surface area contributed by atoms with Crippen molar-refractivity contribution in [2.45, 2.75) is 56.1 Å². The lowest BCUT2D eigenvalue weighted by molar-refractivity contribution is -0.121. The van der Waals surface area contributed by atoms with Gasteiger partial charge in [-0.3, -0.25) is 9.32 Å². The molecule has 0 aromatic rings. The number of phosphoric ester groups is 1. The summed E-state index contributed by atoms with van der Waals surface area (Å²) < 4.78 is 57.1. The zero-order chi connectivity index (χ0) is 26.9. The van der Waals surface area contributed by atoms with E-state index < -0.39 is 42.3 Å². The molecule has 1 fully saturated rings. The highest BCUT2D eigenvalue weighted by Crippen LogP contribution is 2.66. The molecule has 7 N–H and O–H groups in total. The van der Waals surface area contributed by atoms with Crippen LogP contribution in [0.3, 0.4) is 0 Å². The Morgan fingerprint density at radius 3 is 2.46 bits per heavy atom. The third-order valence-corrected chi connectivity index (χ3v) is 10.9. The molecular formula is C14H32BN2O13P3S2. The lowest BCUT2D eigenvalue weighted by Gasteiger charge is -2.24. The van der Waals surface area contributed by atoms with E-state index in [0.29, 0.717) is 32.4 Å². The van der Waals surface area contributed by atoms with Gasteiger partial charge in [-0.05, 0) is 33.2 Å². The van der Waals surface area contributed by atoms with Gasteiger partial charge in [0.15, 0.2) is 0 Å². The van der Waals surface area contributed by atoms with E-state index in [4.69, 9.17) is 25.0 Å².